The zero-order valence-corrected chi connectivity index (χ0v) is 37.4. The molecule has 0 saturated carbocycles. The minimum Gasteiger partial charge on any atom is -0.492 e. The molecule has 1 aliphatic heterocycles. The molecule has 2 heterocycles. The van der Waals surface area contributed by atoms with Crippen molar-refractivity contribution >= 4 is 29.5 Å². The highest BCUT2D eigenvalue weighted by Gasteiger charge is 2.36. The first-order chi connectivity index (χ1) is 31.3. The molecule has 1 aromatic heterocycles. The van der Waals surface area contributed by atoms with Crippen LogP contribution in [0, 0.1) is 18.3 Å². The Morgan fingerprint density at radius 3 is 2.26 bits per heavy atom. The summed E-state index contributed by atoms with van der Waals surface area (Å²) in [4.78, 5) is 75.8. The zero-order valence-electron chi connectivity index (χ0n) is 37.4. The lowest BCUT2D eigenvalue weighted by Gasteiger charge is -2.32. The number of ether oxygens (including phenoxy) is 2. The molecular formula is C47H60N10O8. The molecule has 0 spiro atoms. The van der Waals surface area contributed by atoms with Crippen LogP contribution in [0.2, 0.25) is 0 Å². The van der Waals surface area contributed by atoms with E-state index in [4.69, 9.17) is 36.4 Å². The lowest BCUT2D eigenvalue weighted by molar-refractivity contribution is -0.141. The van der Waals surface area contributed by atoms with Crippen LogP contribution in [-0.4, -0.2) is 104 Å². The third-order valence-electron chi connectivity index (χ3n) is 10.9. The molecule has 4 atom stereocenters. The summed E-state index contributed by atoms with van der Waals surface area (Å²) in [6, 6.07) is 14.8. The van der Waals surface area contributed by atoms with E-state index in [2.05, 4.69) is 33.2 Å². The molecule has 0 saturated heterocycles. The quantitative estimate of drug-likeness (QED) is 0.0527. The van der Waals surface area contributed by atoms with Gasteiger partial charge >= 0.3 is 0 Å². The number of carbonyl (C=O) groups is 5. The van der Waals surface area contributed by atoms with Crippen LogP contribution in [0.25, 0.3) is 22.6 Å². The minimum absolute atomic E-state index is 0.00181. The van der Waals surface area contributed by atoms with Crippen LogP contribution < -0.4 is 47.9 Å². The van der Waals surface area contributed by atoms with Gasteiger partial charge in [0.15, 0.2) is 0 Å². The van der Waals surface area contributed by atoms with Crippen molar-refractivity contribution in [2.75, 3.05) is 46.4 Å². The second-order valence-electron chi connectivity index (χ2n) is 15.8. The largest absolute Gasteiger partial charge is 0.492 e. The standard InChI is InChI=1S/C47H60N10O8/c1-5-6-7-8-30-9-12-32(13-10-30)46-54-28(2)41(65-46)45(61)55-36(17-18-48)47(62)57(4)40-33-14-16-39(64-24-21-51)35(27-33)34-25-31(11-15-38(34)63-23-20-50)26-37(43(59)52-22-19-49)56-42(58)29(3)53-44(40)60/h9-16,25,27,29,36-37,40H,5-8,17-18,20-24,26,48,50-51H2,1-4H3,(H,52,59)(H,53,60)(H,55,61)(H,56,58). The maximum atomic E-state index is 14.6. The zero-order chi connectivity index (χ0) is 47.0. The molecule has 18 heteroatoms. The van der Waals surface area contributed by atoms with Gasteiger partial charge in [0.1, 0.15) is 55.4 Å². The van der Waals surface area contributed by atoms with Gasteiger partial charge in [-0.2, -0.15) is 5.26 Å². The minimum atomic E-state index is -1.41. The summed E-state index contributed by atoms with van der Waals surface area (Å²) in [5.74, 6) is -2.54. The van der Waals surface area contributed by atoms with Crippen LogP contribution in [0.4, 0.5) is 0 Å². The van der Waals surface area contributed by atoms with E-state index in [-0.39, 0.29) is 63.9 Å². The first-order valence-electron chi connectivity index (χ1n) is 21.9. The van der Waals surface area contributed by atoms with Crippen LogP contribution in [0.3, 0.4) is 0 Å². The summed E-state index contributed by atoms with van der Waals surface area (Å²) in [6.45, 7) is 5.58. The van der Waals surface area contributed by atoms with Crippen molar-refractivity contribution in [2.24, 2.45) is 17.2 Å². The molecule has 346 valence electrons. The van der Waals surface area contributed by atoms with Crippen molar-refractivity contribution in [3.05, 3.63) is 88.8 Å². The summed E-state index contributed by atoms with van der Waals surface area (Å²) in [6.07, 6.45) is 4.30. The van der Waals surface area contributed by atoms with Gasteiger partial charge in [0.25, 0.3) is 5.91 Å². The normalized spacial score (nSPS) is 16.5. The molecule has 1 aliphatic rings. The second kappa shape index (κ2) is 23.8. The van der Waals surface area contributed by atoms with Crippen molar-refractivity contribution in [3.63, 3.8) is 0 Å². The van der Waals surface area contributed by atoms with Gasteiger partial charge in [-0.05, 0) is 92.7 Å². The molecule has 65 heavy (non-hydrogen) atoms. The van der Waals surface area contributed by atoms with E-state index in [0.717, 1.165) is 25.7 Å². The van der Waals surface area contributed by atoms with Gasteiger partial charge in [0, 0.05) is 43.2 Å². The molecule has 0 fully saturated rings. The number of amides is 5. The Morgan fingerprint density at radius 2 is 1.62 bits per heavy atom. The molecule has 5 amide bonds. The van der Waals surface area contributed by atoms with Gasteiger partial charge in [-0.3, -0.25) is 24.0 Å². The van der Waals surface area contributed by atoms with Crippen molar-refractivity contribution in [3.8, 4) is 40.1 Å². The van der Waals surface area contributed by atoms with Crippen molar-refractivity contribution < 1.29 is 37.9 Å². The van der Waals surface area contributed by atoms with E-state index in [1.807, 2.05) is 30.3 Å². The van der Waals surface area contributed by atoms with Crippen LogP contribution in [0.15, 0.2) is 65.1 Å². The highest BCUT2D eigenvalue weighted by molar-refractivity contribution is 5.99. The molecule has 0 radical (unpaired) electrons. The van der Waals surface area contributed by atoms with Crippen molar-refractivity contribution in [1.29, 1.82) is 5.26 Å². The van der Waals surface area contributed by atoms with E-state index in [1.54, 1.807) is 43.3 Å². The van der Waals surface area contributed by atoms with Crippen LogP contribution >= 0.6 is 0 Å². The number of likely N-dealkylation sites (N-methyl/N-ethyl adjacent to an activating group) is 1. The monoisotopic (exact) mass is 892 g/mol. The van der Waals surface area contributed by atoms with Gasteiger partial charge in [-0.15, -0.1) is 0 Å². The van der Waals surface area contributed by atoms with Gasteiger partial charge in [0.2, 0.25) is 35.3 Å². The second-order valence-corrected chi connectivity index (χ2v) is 15.8. The molecule has 3 aromatic carbocycles. The number of fused-ring (bicyclic) bond motifs is 5. The fourth-order valence-electron chi connectivity index (χ4n) is 7.48. The highest BCUT2D eigenvalue weighted by Crippen LogP contribution is 2.40. The summed E-state index contributed by atoms with van der Waals surface area (Å²) < 4.78 is 18.2. The molecule has 4 aromatic rings. The SMILES string of the molecule is CCCCCc1ccc(-c2nc(C)c(C(=O)NC(CCN)C(=O)N(C)C3C(=O)NC(C)C(=O)NC(C(=O)NCC#N)Cc4ccc(OCCN)c(c4)-c4cc3ccc4OCCN)o2)cc1. The van der Waals surface area contributed by atoms with Crippen LogP contribution in [0.5, 0.6) is 11.5 Å². The Labute approximate surface area is 379 Å². The average Bonchev–Trinajstić information content (AvgIpc) is 3.70. The Morgan fingerprint density at radius 1 is 0.938 bits per heavy atom. The fourth-order valence-corrected chi connectivity index (χ4v) is 7.48. The number of aromatic nitrogens is 1. The number of nitrogens with one attached hydrogen (secondary N) is 4. The summed E-state index contributed by atoms with van der Waals surface area (Å²) in [5.41, 5.74) is 21.7. The summed E-state index contributed by atoms with van der Waals surface area (Å²) in [5, 5.41) is 19.8. The first-order valence-corrected chi connectivity index (χ1v) is 21.9. The fraction of sp³-hybridized carbons (Fsp3) is 0.426. The number of nitrogens with two attached hydrogens (primary N) is 3. The Hall–Kier alpha value is -6.81. The molecular weight excluding hydrogens is 833 g/mol. The van der Waals surface area contributed by atoms with E-state index < -0.39 is 53.7 Å². The smallest absolute Gasteiger partial charge is 0.289 e. The lowest BCUT2D eigenvalue weighted by atomic mass is 9.93. The number of hydrogen-bond acceptors (Lipinski definition) is 13. The number of hydrogen-bond donors (Lipinski definition) is 7. The number of nitriles is 1. The van der Waals surface area contributed by atoms with Crippen molar-refractivity contribution in [2.45, 2.75) is 83.5 Å². The Balaban J connectivity index is 1.54. The predicted octanol–water partition coefficient (Wildman–Crippen LogP) is 2.56. The number of carbonyl (C=O) groups excluding carboxylic acids is 5. The topological polar surface area (TPSA) is 283 Å². The number of unbranched alkanes of at least 4 members (excludes halogenated alkanes) is 2. The Kier molecular flexibility index (Phi) is 18.0. The number of oxazole rings is 1. The molecule has 5 rings (SSSR count). The average molecular weight is 893 g/mol. The summed E-state index contributed by atoms with van der Waals surface area (Å²) >= 11 is 0. The summed E-state index contributed by atoms with van der Waals surface area (Å²) in [7, 11) is 1.41. The molecule has 0 aliphatic carbocycles. The van der Waals surface area contributed by atoms with E-state index in [9.17, 15) is 24.0 Å². The predicted molar refractivity (Wildman–Crippen MR) is 243 cm³/mol. The van der Waals surface area contributed by atoms with E-state index >= 15 is 0 Å². The maximum Gasteiger partial charge on any atom is 0.289 e. The molecule has 4 bridgehead atoms. The third kappa shape index (κ3) is 12.7. The van der Waals surface area contributed by atoms with Gasteiger partial charge < -0.3 is 57.3 Å². The van der Waals surface area contributed by atoms with E-state index in [1.165, 1.54) is 24.4 Å². The number of benzene rings is 3. The van der Waals surface area contributed by atoms with Gasteiger partial charge in [0.05, 0.1) is 11.8 Å². The highest BCUT2D eigenvalue weighted by atomic mass is 16.5. The maximum absolute atomic E-state index is 14.6. The first kappa shape index (κ1) is 49.2. The molecule has 10 N–H and O–H groups in total. The Bertz CT molecular complexity index is 2340. The van der Waals surface area contributed by atoms with Crippen LogP contribution in [0.1, 0.15) is 78.5 Å². The van der Waals surface area contributed by atoms with Gasteiger partial charge in [-0.1, -0.05) is 44.0 Å². The van der Waals surface area contributed by atoms with Crippen molar-refractivity contribution in [1.82, 2.24) is 31.2 Å². The van der Waals surface area contributed by atoms with Crippen LogP contribution in [-0.2, 0) is 32.0 Å². The van der Waals surface area contributed by atoms with E-state index in [0.29, 0.717) is 45.0 Å². The lowest BCUT2D eigenvalue weighted by Crippen LogP contribution is -2.56. The molecule has 18 nitrogen and oxygen atoms in total. The number of aryl methyl sites for hydroxylation is 2. The molecule has 4 unspecified atom stereocenters. The number of nitrogens with zero attached hydrogens (tertiary/aromatic N) is 3. The third-order valence-corrected chi connectivity index (χ3v) is 10.9. The number of rotatable bonds is 19. The van der Waals surface area contributed by atoms with Gasteiger partial charge in [-0.25, -0.2) is 4.98 Å².